The summed E-state index contributed by atoms with van der Waals surface area (Å²) >= 11 is -4.76. The normalized spacial score (nSPS) is 12.1. The summed E-state index contributed by atoms with van der Waals surface area (Å²) in [5.74, 6) is -5.56. The van der Waals surface area contributed by atoms with Crippen molar-refractivity contribution in [1.29, 1.82) is 0 Å². The van der Waals surface area contributed by atoms with E-state index >= 15 is 0 Å². The van der Waals surface area contributed by atoms with Crippen molar-refractivity contribution in [1.82, 2.24) is 0 Å². The molecule has 0 aromatic carbocycles. The maximum atomic E-state index is 13.9. The topological polar surface area (TPSA) is 158 Å². The van der Waals surface area contributed by atoms with Crippen molar-refractivity contribution in [2.75, 3.05) is 19.8 Å². The van der Waals surface area contributed by atoms with Crippen LogP contribution in [-0.4, -0.2) is 76.6 Å². The molecule has 0 N–H and O–H groups in total. The van der Waals surface area contributed by atoms with Crippen molar-refractivity contribution in [2.45, 2.75) is 285 Å². The van der Waals surface area contributed by atoms with Crippen LogP contribution >= 0.6 is 0 Å². The summed E-state index contributed by atoms with van der Waals surface area (Å²) in [7, 11) is 0. The van der Waals surface area contributed by atoms with Crippen molar-refractivity contribution in [3.05, 3.63) is 36.0 Å². The van der Waals surface area contributed by atoms with Gasteiger partial charge in [-0.2, -0.15) is 0 Å². The summed E-state index contributed by atoms with van der Waals surface area (Å²) in [6, 6.07) is 0. The van der Waals surface area contributed by atoms with Crippen LogP contribution in [0.5, 0.6) is 0 Å². The SMILES string of the molecule is CCCCCCCCCCCCOC(=O)/C=C\C(=O)[O][Sn]([O]C(=O)/C=C\C(=O)OCCCCCCCCCCCC)[O]C(=O)/C=C(\C(=O)OCCCCCCCCCCCC)C(CCCCC)CCCCCC. The van der Waals surface area contributed by atoms with Crippen LogP contribution in [0.25, 0.3) is 0 Å². The first kappa shape index (κ1) is 69.8. The first-order valence-corrected chi connectivity index (χ1v) is 33.2. The van der Waals surface area contributed by atoms with E-state index in [0.29, 0.717) is 32.1 Å². The van der Waals surface area contributed by atoms with E-state index in [1.807, 2.05) is 0 Å². The minimum absolute atomic E-state index is 0.181. The third-order valence-corrected chi connectivity index (χ3v) is 16.1. The first-order chi connectivity index (χ1) is 35.6. The van der Waals surface area contributed by atoms with E-state index in [-0.39, 0.29) is 31.3 Å². The molecular weight excluding hydrogens is 1030 g/mol. The van der Waals surface area contributed by atoms with E-state index in [9.17, 15) is 28.8 Å². The molecule has 421 valence electrons. The molecule has 0 aromatic rings. The molecular formula is C60H105O12Sn. The van der Waals surface area contributed by atoms with Gasteiger partial charge in [0.1, 0.15) is 0 Å². The second kappa shape index (κ2) is 53.7. The van der Waals surface area contributed by atoms with Crippen molar-refractivity contribution in [3.8, 4) is 0 Å². The molecule has 1 atom stereocenters. The molecule has 0 spiro atoms. The Kier molecular flexibility index (Phi) is 51.3. The number of carbonyl (C=O) groups excluding carboxylic acids is 6. The molecule has 0 rings (SSSR count). The van der Waals surface area contributed by atoms with E-state index in [4.69, 9.17) is 23.4 Å². The summed E-state index contributed by atoms with van der Waals surface area (Å²) in [6.45, 7) is 11.5. The van der Waals surface area contributed by atoms with Crippen LogP contribution < -0.4 is 0 Å². The zero-order valence-electron chi connectivity index (χ0n) is 47.1. The van der Waals surface area contributed by atoms with Gasteiger partial charge in [-0.3, -0.25) is 0 Å². The van der Waals surface area contributed by atoms with Gasteiger partial charge < -0.3 is 0 Å². The van der Waals surface area contributed by atoms with E-state index < -0.39 is 56.8 Å². The van der Waals surface area contributed by atoms with Gasteiger partial charge in [0.05, 0.1) is 0 Å². The first-order valence-electron chi connectivity index (χ1n) is 29.7. The van der Waals surface area contributed by atoms with Gasteiger partial charge >= 0.3 is 339 Å². The second-order valence-corrected chi connectivity index (χ2v) is 23.0. The second-order valence-electron chi connectivity index (χ2n) is 19.8. The molecule has 0 fully saturated rings. The zero-order valence-corrected chi connectivity index (χ0v) is 49.9. The molecule has 0 aromatic heterocycles. The molecule has 0 bridgehead atoms. The Morgan fingerprint density at radius 3 is 0.932 bits per heavy atom. The average Bonchev–Trinajstić information content (AvgIpc) is 3.37. The van der Waals surface area contributed by atoms with Gasteiger partial charge in [-0.15, -0.1) is 0 Å². The van der Waals surface area contributed by atoms with Gasteiger partial charge in [-0.25, -0.2) is 0 Å². The zero-order chi connectivity index (χ0) is 53.7. The number of unbranched alkanes of at least 4 members (excludes halogenated alkanes) is 32. The Labute approximate surface area is 453 Å². The summed E-state index contributed by atoms with van der Waals surface area (Å²) in [5.41, 5.74) is 0.181. The van der Waals surface area contributed by atoms with Crippen molar-refractivity contribution in [3.63, 3.8) is 0 Å². The third kappa shape index (κ3) is 47.1. The van der Waals surface area contributed by atoms with Gasteiger partial charge in [-0.1, -0.05) is 117 Å². The van der Waals surface area contributed by atoms with Crippen LogP contribution in [0.1, 0.15) is 285 Å². The predicted octanol–water partition coefficient (Wildman–Crippen LogP) is 16.2. The predicted molar refractivity (Wildman–Crippen MR) is 295 cm³/mol. The van der Waals surface area contributed by atoms with Gasteiger partial charge in [0, 0.05) is 0 Å². The Bertz CT molecular complexity index is 1410. The monoisotopic (exact) mass is 1140 g/mol. The molecule has 1 radical (unpaired) electrons. The Balaban J connectivity index is 5.92. The number of esters is 3. The molecule has 1 unspecified atom stereocenters. The average molecular weight is 1140 g/mol. The molecule has 0 amide bonds. The molecule has 0 saturated carbocycles. The van der Waals surface area contributed by atoms with Crippen LogP contribution in [0, 0.1) is 5.92 Å². The molecule has 13 heteroatoms. The van der Waals surface area contributed by atoms with E-state index in [1.54, 1.807) is 0 Å². The fourth-order valence-corrected chi connectivity index (χ4v) is 10.8. The molecule has 0 aliphatic heterocycles. The summed E-state index contributed by atoms with van der Waals surface area (Å²) in [6.07, 6.45) is 46.8. The Morgan fingerprint density at radius 1 is 0.315 bits per heavy atom. The van der Waals surface area contributed by atoms with E-state index in [0.717, 1.165) is 133 Å². The van der Waals surface area contributed by atoms with Crippen molar-refractivity contribution in [2.24, 2.45) is 5.92 Å². The van der Waals surface area contributed by atoms with E-state index in [2.05, 4.69) is 34.6 Å². The van der Waals surface area contributed by atoms with Crippen molar-refractivity contribution < 1.29 is 52.2 Å². The number of hydrogen-bond acceptors (Lipinski definition) is 12. The molecule has 0 aliphatic rings. The molecule has 0 heterocycles. The third-order valence-electron chi connectivity index (χ3n) is 13.0. The number of carbonyl (C=O) groups is 6. The number of rotatable bonds is 52. The van der Waals surface area contributed by atoms with Gasteiger partial charge in [0.15, 0.2) is 0 Å². The van der Waals surface area contributed by atoms with Gasteiger partial charge in [-0.05, 0) is 0 Å². The van der Waals surface area contributed by atoms with Crippen LogP contribution in [-0.2, 0) is 52.2 Å². The summed E-state index contributed by atoms with van der Waals surface area (Å²) in [4.78, 5) is 78.6. The Morgan fingerprint density at radius 2 is 0.575 bits per heavy atom. The standard InChI is InChI=1S/C28H52O4.2C16H28O4.Sn/c1-4-7-10-12-13-14-15-16-17-20-23-32-28(31)26(24-27(29)30)25(21-18-9-6-3)22-19-11-8-5-2;2*1-2-3-4-5-6-7-8-9-10-11-14-20-16(19)13-12-15(17)18;/h24-25H,4-23H2,1-3H3,(H,29,30);2*12-13H,2-11,14H2,1H3,(H,17,18);/q;;;+3/p-3/b26-24-;2*13-12-;. The van der Waals surface area contributed by atoms with Crippen molar-refractivity contribution >= 4 is 56.8 Å². The van der Waals surface area contributed by atoms with E-state index in [1.165, 1.54) is 116 Å². The van der Waals surface area contributed by atoms with Crippen LogP contribution in [0.15, 0.2) is 36.0 Å². The van der Waals surface area contributed by atoms with Crippen LogP contribution in [0.2, 0.25) is 0 Å². The molecule has 12 nitrogen and oxygen atoms in total. The summed E-state index contributed by atoms with van der Waals surface area (Å²) < 4.78 is 32.7. The molecule has 0 saturated heterocycles. The number of hydrogen-bond donors (Lipinski definition) is 0. The fraction of sp³-hybridized carbons (Fsp3) is 0.800. The number of ether oxygens (including phenoxy) is 3. The van der Waals surface area contributed by atoms with Gasteiger partial charge in [0.25, 0.3) is 0 Å². The quantitative estimate of drug-likeness (QED) is 0.0187. The maximum absolute atomic E-state index is 13.9. The minimum atomic E-state index is -4.76. The molecule has 0 aliphatic carbocycles. The Hall–Kier alpha value is -3.16. The van der Waals surface area contributed by atoms with Crippen LogP contribution in [0.3, 0.4) is 0 Å². The summed E-state index contributed by atoms with van der Waals surface area (Å²) in [5, 5.41) is 0. The van der Waals surface area contributed by atoms with Gasteiger partial charge in [0.2, 0.25) is 0 Å². The fourth-order valence-electron chi connectivity index (χ4n) is 8.52. The van der Waals surface area contributed by atoms with Crippen LogP contribution in [0.4, 0.5) is 0 Å². The molecule has 73 heavy (non-hydrogen) atoms.